The highest BCUT2D eigenvalue weighted by molar-refractivity contribution is 5.88. The third-order valence-electron chi connectivity index (χ3n) is 5.85. The lowest BCUT2D eigenvalue weighted by Crippen LogP contribution is -2.44. The van der Waals surface area contributed by atoms with Crippen molar-refractivity contribution in [2.24, 2.45) is 0 Å². The first-order chi connectivity index (χ1) is 15.5. The summed E-state index contributed by atoms with van der Waals surface area (Å²) >= 11 is 0. The molecule has 2 saturated heterocycles. The van der Waals surface area contributed by atoms with Crippen LogP contribution in [-0.4, -0.2) is 60.3 Å². The number of rotatable bonds is 6. The largest absolute Gasteiger partial charge is 0.377 e. The van der Waals surface area contributed by atoms with E-state index in [2.05, 4.69) is 38.7 Å². The molecule has 0 radical (unpaired) electrons. The van der Waals surface area contributed by atoms with Crippen LogP contribution in [0.1, 0.15) is 30.9 Å². The second-order valence-corrected chi connectivity index (χ2v) is 8.53. The maximum Gasteiger partial charge on any atom is 0.221 e. The van der Waals surface area contributed by atoms with Crippen LogP contribution in [0.2, 0.25) is 0 Å². The highest BCUT2D eigenvalue weighted by Gasteiger charge is 2.42. The second kappa shape index (κ2) is 10.1. The Morgan fingerprint density at radius 1 is 1.31 bits per heavy atom. The third kappa shape index (κ3) is 5.82. The molecule has 2 N–H and O–H groups in total. The summed E-state index contributed by atoms with van der Waals surface area (Å²) in [5.41, 5.74) is 2.26. The number of hydrogen-bond donors (Lipinski definition) is 2. The van der Waals surface area contributed by atoms with Gasteiger partial charge in [-0.05, 0) is 42.7 Å². The Morgan fingerprint density at radius 2 is 2.16 bits per heavy atom. The number of carbonyl (C=O) groups excluding carboxylic acids is 1. The molecule has 8 heteroatoms. The Bertz CT molecular complexity index is 957. The van der Waals surface area contributed by atoms with Crippen molar-refractivity contribution < 1.29 is 14.3 Å². The van der Waals surface area contributed by atoms with Crippen LogP contribution in [-0.2, 0) is 20.8 Å². The molecule has 1 aromatic carbocycles. The van der Waals surface area contributed by atoms with Crippen molar-refractivity contribution in [1.29, 1.82) is 5.26 Å². The summed E-state index contributed by atoms with van der Waals surface area (Å²) in [5, 5.41) is 15.0. The van der Waals surface area contributed by atoms with Crippen molar-refractivity contribution in [3.8, 4) is 6.07 Å². The Kier molecular flexibility index (Phi) is 7.00. The average Bonchev–Trinajstić information content (AvgIpc) is 3.08. The molecule has 0 bridgehead atoms. The summed E-state index contributed by atoms with van der Waals surface area (Å²) in [4.78, 5) is 17.9. The molecule has 0 unspecified atom stereocenters. The molecule has 3 heterocycles. The summed E-state index contributed by atoms with van der Waals surface area (Å²) < 4.78 is 12.4. The molecule has 1 amide bonds. The fourth-order valence-electron chi connectivity index (χ4n) is 4.32. The van der Waals surface area contributed by atoms with Gasteiger partial charge in [-0.1, -0.05) is 12.1 Å². The number of nitrogens with zero attached hydrogens (tertiary/aromatic N) is 3. The molecule has 4 rings (SSSR count). The average molecular weight is 436 g/mol. The number of pyridine rings is 1. The predicted molar refractivity (Wildman–Crippen MR) is 121 cm³/mol. The Balaban J connectivity index is 1.32. The smallest absolute Gasteiger partial charge is 0.221 e. The number of carbonyl (C=O) groups is 1. The maximum atomic E-state index is 11.2. The number of aromatic nitrogens is 1. The van der Waals surface area contributed by atoms with E-state index >= 15 is 0 Å². The van der Waals surface area contributed by atoms with Gasteiger partial charge >= 0.3 is 0 Å². The molecule has 0 aliphatic carbocycles. The lowest BCUT2D eigenvalue weighted by atomic mass is 9.99. The Labute approximate surface area is 188 Å². The van der Waals surface area contributed by atoms with Crippen LogP contribution in [0, 0.1) is 11.3 Å². The number of hydrogen-bond acceptors (Lipinski definition) is 7. The predicted octanol–water partition coefficient (Wildman–Crippen LogP) is 2.77. The molecule has 2 aliphatic heterocycles. The van der Waals surface area contributed by atoms with Gasteiger partial charge in [0, 0.05) is 45.0 Å². The Morgan fingerprint density at radius 3 is 2.88 bits per heavy atom. The number of benzene rings is 1. The van der Waals surface area contributed by atoms with Crippen LogP contribution < -0.4 is 10.6 Å². The minimum atomic E-state index is -0.295. The SMILES string of the molecule is CC(=O)Nc1ccc(CN2CCOC[C@@]3(CC[C@H](CNc4ccc(C#N)cn4)O3)C2)cc1. The van der Waals surface area contributed by atoms with Crippen LogP contribution in [0.4, 0.5) is 11.5 Å². The standard InChI is InChI=1S/C24H29N5O3/c1-18(30)28-21-5-2-19(3-6-21)15-29-10-11-31-17-24(16-29)9-8-22(32-24)14-27-23-7-4-20(12-25)13-26-23/h2-7,13,22H,8-11,14-17H2,1H3,(H,26,27)(H,28,30)/t22-,24-/m1/s1. The minimum absolute atomic E-state index is 0.0678. The number of anilines is 2. The van der Waals surface area contributed by atoms with Crippen molar-refractivity contribution >= 4 is 17.4 Å². The van der Waals surface area contributed by atoms with E-state index in [1.54, 1.807) is 12.3 Å². The van der Waals surface area contributed by atoms with Crippen molar-refractivity contribution in [3.63, 3.8) is 0 Å². The summed E-state index contributed by atoms with van der Waals surface area (Å²) in [6.45, 7) is 5.97. The number of ether oxygens (including phenoxy) is 2. The molecule has 32 heavy (non-hydrogen) atoms. The van der Waals surface area contributed by atoms with Gasteiger partial charge < -0.3 is 20.1 Å². The summed E-state index contributed by atoms with van der Waals surface area (Å²) in [6.07, 6.45) is 3.58. The van der Waals surface area contributed by atoms with Crippen LogP contribution >= 0.6 is 0 Å². The molecule has 2 aromatic rings. The monoisotopic (exact) mass is 435 g/mol. The minimum Gasteiger partial charge on any atom is -0.377 e. The number of nitrogens with one attached hydrogen (secondary N) is 2. The first-order valence-electron chi connectivity index (χ1n) is 11.0. The zero-order valence-corrected chi connectivity index (χ0v) is 18.3. The van der Waals surface area contributed by atoms with Gasteiger partial charge in [-0.3, -0.25) is 9.69 Å². The summed E-state index contributed by atoms with van der Waals surface area (Å²) in [6, 6.07) is 13.6. The van der Waals surface area contributed by atoms with Gasteiger partial charge in [0.1, 0.15) is 17.5 Å². The normalized spacial score (nSPS) is 23.4. The molecule has 2 atom stereocenters. The van der Waals surface area contributed by atoms with Crippen LogP contribution in [0.5, 0.6) is 0 Å². The van der Waals surface area contributed by atoms with E-state index in [0.717, 1.165) is 44.0 Å². The number of nitriles is 1. The molecule has 2 aliphatic rings. The Hall–Kier alpha value is -2.99. The van der Waals surface area contributed by atoms with E-state index in [9.17, 15) is 4.79 Å². The van der Waals surface area contributed by atoms with Crippen molar-refractivity contribution in [2.75, 3.05) is 43.5 Å². The van der Waals surface area contributed by atoms with Crippen LogP contribution in [0.3, 0.4) is 0 Å². The van der Waals surface area contributed by atoms with Gasteiger partial charge in [0.25, 0.3) is 0 Å². The van der Waals surface area contributed by atoms with Crippen molar-refractivity contribution in [1.82, 2.24) is 9.88 Å². The van der Waals surface area contributed by atoms with Gasteiger partial charge in [0.05, 0.1) is 24.9 Å². The first-order valence-corrected chi connectivity index (χ1v) is 11.0. The molecule has 1 aromatic heterocycles. The lowest BCUT2D eigenvalue weighted by Gasteiger charge is -2.32. The van der Waals surface area contributed by atoms with Gasteiger partial charge in [-0.25, -0.2) is 4.98 Å². The zero-order chi connectivity index (χ0) is 22.4. The second-order valence-electron chi connectivity index (χ2n) is 8.53. The third-order valence-corrected chi connectivity index (χ3v) is 5.85. The quantitative estimate of drug-likeness (QED) is 0.720. The van der Waals surface area contributed by atoms with Gasteiger partial charge in [-0.15, -0.1) is 0 Å². The van der Waals surface area contributed by atoms with E-state index < -0.39 is 0 Å². The topological polar surface area (TPSA) is 99.5 Å². The van der Waals surface area contributed by atoms with E-state index in [4.69, 9.17) is 14.7 Å². The van der Waals surface area contributed by atoms with Gasteiger partial charge in [0.15, 0.2) is 0 Å². The molecule has 8 nitrogen and oxygen atoms in total. The summed E-state index contributed by atoms with van der Waals surface area (Å²) in [7, 11) is 0. The zero-order valence-electron chi connectivity index (χ0n) is 18.3. The molecular weight excluding hydrogens is 406 g/mol. The van der Waals surface area contributed by atoms with E-state index in [1.807, 2.05) is 18.2 Å². The fraction of sp³-hybridized carbons (Fsp3) is 0.458. The molecular formula is C24H29N5O3. The fourth-order valence-corrected chi connectivity index (χ4v) is 4.32. The molecule has 0 saturated carbocycles. The first kappa shape index (κ1) is 22.2. The number of amides is 1. The van der Waals surface area contributed by atoms with E-state index in [0.29, 0.717) is 25.3 Å². The van der Waals surface area contributed by atoms with Crippen LogP contribution in [0.15, 0.2) is 42.6 Å². The molecule has 168 valence electrons. The van der Waals surface area contributed by atoms with Crippen molar-refractivity contribution in [2.45, 2.75) is 38.0 Å². The summed E-state index contributed by atoms with van der Waals surface area (Å²) in [5.74, 6) is 0.678. The van der Waals surface area contributed by atoms with E-state index in [1.165, 1.54) is 12.5 Å². The molecule has 1 spiro atoms. The van der Waals surface area contributed by atoms with E-state index in [-0.39, 0.29) is 17.6 Å². The highest BCUT2D eigenvalue weighted by atomic mass is 16.6. The van der Waals surface area contributed by atoms with Gasteiger partial charge in [-0.2, -0.15) is 5.26 Å². The van der Waals surface area contributed by atoms with Crippen molar-refractivity contribution in [3.05, 3.63) is 53.7 Å². The van der Waals surface area contributed by atoms with Gasteiger partial charge in [0.2, 0.25) is 5.91 Å². The maximum absolute atomic E-state index is 11.2. The van der Waals surface area contributed by atoms with Crippen LogP contribution in [0.25, 0.3) is 0 Å². The lowest BCUT2D eigenvalue weighted by molar-refractivity contribution is -0.114. The highest BCUT2D eigenvalue weighted by Crippen LogP contribution is 2.33. The molecule has 2 fully saturated rings.